The highest BCUT2D eigenvalue weighted by molar-refractivity contribution is 6.10. The van der Waals surface area contributed by atoms with Crippen LogP contribution < -0.4 is 5.73 Å². The number of aromatic nitrogens is 1. The fourth-order valence-corrected chi connectivity index (χ4v) is 3.49. The zero-order chi connectivity index (χ0) is 15.8. The van der Waals surface area contributed by atoms with E-state index in [0.29, 0.717) is 11.3 Å². The molecule has 0 spiro atoms. The smallest absolute Gasteiger partial charge is 0.170 e. The number of Topliss-reactive ketones (excluding diaryl/α,β-unsaturated/α-hetero) is 1. The minimum atomic E-state index is -0.00448. The monoisotopic (exact) mass is 302 g/mol. The van der Waals surface area contributed by atoms with E-state index >= 15 is 0 Å². The third kappa shape index (κ3) is 2.38. The van der Waals surface area contributed by atoms with E-state index in [0.717, 1.165) is 35.9 Å². The minimum Gasteiger partial charge on any atom is -0.398 e. The van der Waals surface area contributed by atoms with Crippen LogP contribution in [0.5, 0.6) is 0 Å². The van der Waals surface area contributed by atoms with Crippen LogP contribution in [0.4, 0.5) is 5.69 Å². The number of aryl methyl sites for hydroxylation is 1. The zero-order valence-electron chi connectivity index (χ0n) is 12.8. The van der Waals surface area contributed by atoms with E-state index in [1.807, 2.05) is 42.5 Å². The molecule has 4 rings (SSSR count). The molecule has 2 N–H and O–H groups in total. The van der Waals surface area contributed by atoms with Crippen molar-refractivity contribution < 1.29 is 4.79 Å². The van der Waals surface area contributed by atoms with Crippen LogP contribution in [0.2, 0.25) is 0 Å². The van der Waals surface area contributed by atoms with Crippen molar-refractivity contribution in [1.29, 1.82) is 0 Å². The molecule has 3 aromatic rings. The fraction of sp³-hybridized carbons (Fsp3) is 0.200. The molecule has 1 aliphatic rings. The summed E-state index contributed by atoms with van der Waals surface area (Å²) in [5.41, 5.74) is 10.5. The number of rotatable bonds is 2. The summed E-state index contributed by atoms with van der Waals surface area (Å²) in [5, 5.41) is 0.875. The maximum Gasteiger partial charge on any atom is 0.170 e. The highest BCUT2D eigenvalue weighted by Crippen LogP contribution is 2.34. The molecule has 0 saturated carbocycles. The quantitative estimate of drug-likeness (QED) is 0.783. The van der Waals surface area contributed by atoms with Gasteiger partial charge in [-0.2, -0.15) is 0 Å². The molecule has 3 heteroatoms. The minimum absolute atomic E-state index is 0.00448. The van der Waals surface area contributed by atoms with Crippen molar-refractivity contribution in [3.05, 3.63) is 71.4 Å². The molecule has 1 atom stereocenters. The highest BCUT2D eigenvalue weighted by atomic mass is 16.1. The van der Waals surface area contributed by atoms with E-state index in [9.17, 15) is 4.79 Å². The second-order valence-electron chi connectivity index (χ2n) is 6.15. The van der Waals surface area contributed by atoms with Crippen LogP contribution in [-0.4, -0.2) is 10.8 Å². The van der Waals surface area contributed by atoms with Crippen molar-refractivity contribution in [1.82, 2.24) is 4.98 Å². The number of carbonyl (C=O) groups is 1. The first kappa shape index (κ1) is 13.9. The lowest BCUT2D eigenvalue weighted by molar-refractivity contribution is 0.0901. The van der Waals surface area contributed by atoms with Crippen LogP contribution in [0, 0.1) is 5.92 Å². The maximum absolute atomic E-state index is 13.0. The van der Waals surface area contributed by atoms with Gasteiger partial charge in [-0.15, -0.1) is 0 Å². The van der Waals surface area contributed by atoms with Crippen LogP contribution in [0.1, 0.15) is 28.0 Å². The largest absolute Gasteiger partial charge is 0.398 e. The Kier molecular flexibility index (Phi) is 3.34. The van der Waals surface area contributed by atoms with E-state index in [1.165, 1.54) is 5.56 Å². The van der Waals surface area contributed by atoms with Gasteiger partial charge in [-0.05, 0) is 30.9 Å². The predicted octanol–water partition coefficient (Wildman–Crippen LogP) is 3.80. The molecule has 1 unspecified atom stereocenters. The van der Waals surface area contributed by atoms with Gasteiger partial charge in [0.2, 0.25) is 0 Å². The van der Waals surface area contributed by atoms with Crippen LogP contribution in [0.3, 0.4) is 0 Å². The fourth-order valence-electron chi connectivity index (χ4n) is 3.49. The summed E-state index contributed by atoms with van der Waals surface area (Å²) in [6, 6.07) is 17.9. The number of nitrogens with zero attached hydrogens (tertiary/aromatic N) is 1. The van der Waals surface area contributed by atoms with Crippen molar-refractivity contribution in [3.8, 4) is 0 Å². The Hall–Kier alpha value is -2.68. The molecule has 0 radical (unpaired) electrons. The molecule has 0 aliphatic heterocycles. The van der Waals surface area contributed by atoms with Crippen molar-refractivity contribution in [2.45, 2.75) is 19.3 Å². The highest BCUT2D eigenvalue weighted by Gasteiger charge is 2.31. The van der Waals surface area contributed by atoms with Gasteiger partial charge in [0, 0.05) is 11.3 Å². The number of hydrogen-bond donors (Lipinski definition) is 1. The van der Waals surface area contributed by atoms with E-state index in [1.54, 1.807) is 0 Å². The lowest BCUT2D eigenvalue weighted by Crippen LogP contribution is -2.26. The summed E-state index contributed by atoms with van der Waals surface area (Å²) in [5.74, 6) is 0.140. The van der Waals surface area contributed by atoms with Crippen molar-refractivity contribution >= 4 is 22.4 Å². The Morgan fingerprint density at radius 2 is 1.78 bits per heavy atom. The number of nitrogen functional groups attached to an aromatic ring is 1. The van der Waals surface area contributed by atoms with Gasteiger partial charge in [0.25, 0.3) is 0 Å². The van der Waals surface area contributed by atoms with E-state index < -0.39 is 0 Å². The number of benzene rings is 2. The number of anilines is 1. The summed E-state index contributed by atoms with van der Waals surface area (Å²) in [6.45, 7) is 0. The van der Waals surface area contributed by atoms with Crippen molar-refractivity contribution in [2.75, 3.05) is 5.73 Å². The molecule has 0 amide bonds. The van der Waals surface area contributed by atoms with Gasteiger partial charge in [0.05, 0.1) is 22.5 Å². The first-order valence-electron chi connectivity index (χ1n) is 7.99. The molecule has 0 bridgehead atoms. The molecular weight excluding hydrogens is 284 g/mol. The Balaban J connectivity index is 1.75. The molecule has 2 aromatic carbocycles. The Labute approximate surface area is 135 Å². The van der Waals surface area contributed by atoms with Crippen LogP contribution in [0.25, 0.3) is 10.9 Å². The molecule has 0 saturated heterocycles. The number of hydrogen-bond acceptors (Lipinski definition) is 3. The summed E-state index contributed by atoms with van der Waals surface area (Å²) >= 11 is 0. The molecule has 0 fully saturated rings. The lowest BCUT2D eigenvalue weighted by Gasteiger charge is -2.24. The summed E-state index contributed by atoms with van der Waals surface area (Å²) < 4.78 is 0. The van der Waals surface area contributed by atoms with E-state index in [4.69, 9.17) is 5.73 Å². The molecule has 114 valence electrons. The van der Waals surface area contributed by atoms with Gasteiger partial charge in [-0.1, -0.05) is 48.5 Å². The lowest BCUT2D eigenvalue weighted by atomic mass is 9.80. The number of para-hydroxylation sites is 1. The second kappa shape index (κ2) is 5.51. The first-order chi connectivity index (χ1) is 11.2. The first-order valence-corrected chi connectivity index (χ1v) is 7.99. The standard InChI is InChI=1S/C20H18N2O/c21-19-15-8-4-5-9-16(15)22-17-11-10-14(20(23)18(17)19)12-13-6-2-1-3-7-13/h1-9,14H,10-12H2,(H2,21,22). The van der Waals surface area contributed by atoms with Crippen LogP contribution >= 0.6 is 0 Å². The summed E-state index contributed by atoms with van der Waals surface area (Å²) in [7, 11) is 0. The Bertz CT molecular complexity index is 887. The summed E-state index contributed by atoms with van der Waals surface area (Å²) in [4.78, 5) is 17.6. The van der Waals surface area contributed by atoms with Crippen LogP contribution in [0.15, 0.2) is 54.6 Å². The normalized spacial score (nSPS) is 17.2. The van der Waals surface area contributed by atoms with Gasteiger partial charge >= 0.3 is 0 Å². The molecule has 1 aromatic heterocycles. The second-order valence-corrected chi connectivity index (χ2v) is 6.15. The molecule has 1 heterocycles. The van der Waals surface area contributed by atoms with Crippen molar-refractivity contribution in [2.24, 2.45) is 5.92 Å². The van der Waals surface area contributed by atoms with Crippen LogP contribution in [-0.2, 0) is 12.8 Å². The number of nitrogens with two attached hydrogens (primary N) is 1. The average molecular weight is 302 g/mol. The molecule has 23 heavy (non-hydrogen) atoms. The maximum atomic E-state index is 13.0. The third-order valence-corrected chi connectivity index (χ3v) is 4.68. The Morgan fingerprint density at radius 1 is 1.04 bits per heavy atom. The molecular formula is C20H18N2O. The predicted molar refractivity (Wildman–Crippen MR) is 92.4 cm³/mol. The zero-order valence-corrected chi connectivity index (χ0v) is 12.8. The van der Waals surface area contributed by atoms with Crippen molar-refractivity contribution in [3.63, 3.8) is 0 Å². The SMILES string of the molecule is Nc1c2c(nc3ccccc13)CCC(Cc1ccccc1)C2=O. The topological polar surface area (TPSA) is 56.0 Å². The van der Waals surface area contributed by atoms with E-state index in [2.05, 4.69) is 17.1 Å². The third-order valence-electron chi connectivity index (χ3n) is 4.68. The average Bonchev–Trinajstić information content (AvgIpc) is 2.58. The number of carbonyl (C=O) groups excluding carboxylic acids is 1. The molecule has 1 aliphatic carbocycles. The van der Waals surface area contributed by atoms with Gasteiger partial charge in [-0.25, -0.2) is 0 Å². The van der Waals surface area contributed by atoms with Gasteiger partial charge in [0.1, 0.15) is 0 Å². The number of pyridine rings is 1. The van der Waals surface area contributed by atoms with E-state index in [-0.39, 0.29) is 11.7 Å². The van der Waals surface area contributed by atoms with Gasteiger partial charge in [0.15, 0.2) is 5.78 Å². The molecule has 3 nitrogen and oxygen atoms in total. The Morgan fingerprint density at radius 3 is 2.61 bits per heavy atom. The summed E-state index contributed by atoms with van der Waals surface area (Å²) in [6.07, 6.45) is 2.42. The number of fused-ring (bicyclic) bond motifs is 2. The van der Waals surface area contributed by atoms with Gasteiger partial charge < -0.3 is 5.73 Å². The number of ketones is 1. The van der Waals surface area contributed by atoms with Gasteiger partial charge in [-0.3, -0.25) is 9.78 Å².